The average Bonchev–Trinajstić information content (AvgIpc) is 2.89. The van der Waals surface area contributed by atoms with E-state index in [4.69, 9.17) is 9.84 Å². The predicted molar refractivity (Wildman–Crippen MR) is 128 cm³/mol. The molecule has 1 unspecified atom stereocenters. The van der Waals surface area contributed by atoms with E-state index in [9.17, 15) is 4.79 Å². The Balaban J connectivity index is 1.28. The molecule has 2 aliphatic heterocycles. The molecular formula is C25H26N6O2. The Morgan fingerprint density at radius 2 is 1.82 bits per heavy atom. The van der Waals surface area contributed by atoms with Gasteiger partial charge in [0, 0.05) is 38.5 Å². The molecule has 33 heavy (non-hydrogen) atoms. The van der Waals surface area contributed by atoms with Crippen molar-refractivity contribution in [2.75, 3.05) is 38.2 Å². The third kappa shape index (κ3) is 4.41. The van der Waals surface area contributed by atoms with Gasteiger partial charge in [-0.25, -0.2) is 14.8 Å². The van der Waals surface area contributed by atoms with Gasteiger partial charge in [-0.05, 0) is 17.6 Å². The third-order valence-corrected chi connectivity index (χ3v) is 6.25. The summed E-state index contributed by atoms with van der Waals surface area (Å²) < 4.78 is 4.69. The standard InChI is InChI=1S/C25H26N6O2/c1-33-25(32)22-16-27-23(17-26-22)30-11-13-31(14-12-30)24-20-10-6-5-9-19(20)21(28-29-24)15-18-7-3-2-4-8-18/h2-9,16-17,20H,10-15H2,1H3. The lowest BCUT2D eigenvalue weighted by Crippen LogP contribution is -2.51. The van der Waals surface area contributed by atoms with E-state index in [1.165, 1.54) is 24.4 Å². The van der Waals surface area contributed by atoms with Gasteiger partial charge in [-0.2, -0.15) is 5.10 Å². The molecule has 1 aromatic heterocycles. The van der Waals surface area contributed by atoms with E-state index in [-0.39, 0.29) is 11.6 Å². The van der Waals surface area contributed by atoms with Crippen molar-refractivity contribution in [3.8, 4) is 0 Å². The number of methoxy groups -OCH3 is 1. The number of aromatic nitrogens is 2. The minimum Gasteiger partial charge on any atom is -0.464 e. The molecule has 0 saturated carbocycles. The quantitative estimate of drug-likeness (QED) is 0.677. The second-order valence-corrected chi connectivity index (χ2v) is 8.23. The fourth-order valence-corrected chi connectivity index (χ4v) is 4.48. The molecule has 1 aliphatic carbocycles. The van der Waals surface area contributed by atoms with Gasteiger partial charge in [-0.3, -0.25) is 0 Å². The second kappa shape index (κ2) is 9.36. The number of nitrogens with zero attached hydrogens (tertiary/aromatic N) is 6. The maximum atomic E-state index is 11.6. The van der Waals surface area contributed by atoms with Crippen molar-refractivity contribution in [1.82, 2.24) is 14.9 Å². The topological polar surface area (TPSA) is 83.3 Å². The highest BCUT2D eigenvalue weighted by Gasteiger charge is 2.33. The maximum Gasteiger partial charge on any atom is 0.358 e. The maximum absolute atomic E-state index is 11.6. The number of ether oxygens (including phenoxy) is 1. The van der Waals surface area contributed by atoms with E-state index < -0.39 is 5.97 Å². The van der Waals surface area contributed by atoms with Crippen molar-refractivity contribution >= 4 is 23.3 Å². The van der Waals surface area contributed by atoms with E-state index in [1.807, 2.05) is 6.07 Å². The van der Waals surface area contributed by atoms with Gasteiger partial charge in [-0.15, -0.1) is 5.10 Å². The molecule has 1 atom stereocenters. The normalized spacial score (nSPS) is 19.9. The van der Waals surface area contributed by atoms with Crippen LogP contribution in [0.2, 0.25) is 0 Å². The van der Waals surface area contributed by atoms with Crippen LogP contribution in [0.1, 0.15) is 22.5 Å². The van der Waals surface area contributed by atoms with Crippen LogP contribution < -0.4 is 4.90 Å². The number of fused-ring (bicyclic) bond motifs is 1. The molecule has 5 rings (SSSR count). The van der Waals surface area contributed by atoms with Crippen LogP contribution in [0.5, 0.6) is 0 Å². The molecule has 0 amide bonds. The highest BCUT2D eigenvalue weighted by Crippen LogP contribution is 2.30. The summed E-state index contributed by atoms with van der Waals surface area (Å²) in [4.78, 5) is 24.7. The summed E-state index contributed by atoms with van der Waals surface area (Å²) in [6, 6.07) is 10.4. The Kier molecular flexibility index (Phi) is 5.97. The number of hydrogen-bond acceptors (Lipinski definition) is 8. The first kappa shape index (κ1) is 21.1. The first-order valence-corrected chi connectivity index (χ1v) is 11.2. The number of rotatable bonds is 4. The minimum atomic E-state index is -0.480. The lowest BCUT2D eigenvalue weighted by atomic mass is 9.84. The molecule has 8 heteroatoms. The Bertz CT molecular complexity index is 1130. The largest absolute Gasteiger partial charge is 0.464 e. The summed E-state index contributed by atoms with van der Waals surface area (Å²) in [6.07, 6.45) is 11.4. The fraction of sp³-hybridized carbons (Fsp3) is 0.320. The van der Waals surface area contributed by atoms with Gasteiger partial charge < -0.3 is 14.5 Å². The first-order valence-electron chi connectivity index (χ1n) is 11.2. The summed E-state index contributed by atoms with van der Waals surface area (Å²) in [5, 5.41) is 9.37. The Hall–Kier alpha value is -3.81. The van der Waals surface area contributed by atoms with Crippen molar-refractivity contribution in [3.63, 3.8) is 0 Å². The van der Waals surface area contributed by atoms with E-state index in [1.54, 1.807) is 6.20 Å². The summed E-state index contributed by atoms with van der Waals surface area (Å²) in [5.41, 5.74) is 3.79. The van der Waals surface area contributed by atoms with Crippen molar-refractivity contribution in [1.29, 1.82) is 0 Å². The van der Waals surface area contributed by atoms with Crippen LogP contribution in [0.4, 0.5) is 5.82 Å². The monoisotopic (exact) mass is 442 g/mol. The van der Waals surface area contributed by atoms with Gasteiger partial charge in [0.1, 0.15) is 11.7 Å². The van der Waals surface area contributed by atoms with Crippen LogP contribution in [0.15, 0.2) is 76.7 Å². The number of carbonyl (C=O) groups excluding carboxylic acids is 1. The van der Waals surface area contributed by atoms with Crippen LogP contribution in [0.3, 0.4) is 0 Å². The third-order valence-electron chi connectivity index (χ3n) is 6.25. The number of carbonyl (C=O) groups is 1. The molecule has 168 valence electrons. The fourth-order valence-electron chi connectivity index (χ4n) is 4.48. The van der Waals surface area contributed by atoms with E-state index >= 15 is 0 Å². The highest BCUT2D eigenvalue weighted by molar-refractivity contribution is 6.09. The molecule has 1 aromatic carbocycles. The predicted octanol–water partition coefficient (Wildman–Crippen LogP) is 2.90. The van der Waals surface area contributed by atoms with Crippen molar-refractivity contribution in [3.05, 3.63) is 77.8 Å². The van der Waals surface area contributed by atoms with Gasteiger partial charge in [0.25, 0.3) is 0 Å². The lowest BCUT2D eigenvalue weighted by molar-refractivity contribution is 0.0593. The molecule has 0 N–H and O–H groups in total. The number of esters is 1. The molecule has 8 nitrogen and oxygen atoms in total. The van der Waals surface area contributed by atoms with Gasteiger partial charge in [0.2, 0.25) is 0 Å². The van der Waals surface area contributed by atoms with E-state index in [0.717, 1.165) is 56.4 Å². The second-order valence-electron chi connectivity index (χ2n) is 8.23. The smallest absolute Gasteiger partial charge is 0.358 e. The van der Waals surface area contributed by atoms with E-state index in [0.29, 0.717) is 0 Å². The lowest BCUT2D eigenvalue weighted by Gasteiger charge is -2.40. The van der Waals surface area contributed by atoms with Gasteiger partial charge in [0.15, 0.2) is 5.69 Å². The Labute approximate surface area is 193 Å². The number of anilines is 1. The van der Waals surface area contributed by atoms with Crippen molar-refractivity contribution < 1.29 is 9.53 Å². The zero-order chi connectivity index (χ0) is 22.6. The number of amidine groups is 1. The number of allylic oxidation sites excluding steroid dienone is 3. The molecule has 1 fully saturated rings. The average molecular weight is 443 g/mol. The van der Waals surface area contributed by atoms with Gasteiger partial charge in [0.05, 0.1) is 25.2 Å². The molecule has 0 radical (unpaired) electrons. The van der Waals surface area contributed by atoms with E-state index in [2.05, 4.69) is 67.4 Å². The first-order chi connectivity index (χ1) is 16.2. The van der Waals surface area contributed by atoms with Crippen LogP contribution in [-0.2, 0) is 11.2 Å². The number of hydrogen-bond donors (Lipinski definition) is 0. The van der Waals surface area contributed by atoms with Crippen molar-refractivity contribution in [2.24, 2.45) is 16.1 Å². The van der Waals surface area contributed by atoms with Gasteiger partial charge >= 0.3 is 5.97 Å². The summed E-state index contributed by atoms with van der Waals surface area (Å²) in [6.45, 7) is 3.26. The van der Waals surface area contributed by atoms with Crippen LogP contribution in [0.25, 0.3) is 0 Å². The SMILES string of the molecule is COC(=O)c1cnc(N2CCN(C3=NN=C(Cc4ccccc4)C4=CC=CCC43)CC2)cn1. The molecule has 3 aliphatic rings. The zero-order valence-corrected chi connectivity index (χ0v) is 18.6. The molecule has 1 saturated heterocycles. The van der Waals surface area contributed by atoms with Gasteiger partial charge in [-0.1, -0.05) is 48.6 Å². The molecule has 0 spiro atoms. The highest BCUT2D eigenvalue weighted by atomic mass is 16.5. The molecule has 2 aromatic rings. The van der Waals surface area contributed by atoms with Crippen molar-refractivity contribution in [2.45, 2.75) is 12.8 Å². The summed E-state index contributed by atoms with van der Waals surface area (Å²) in [7, 11) is 1.34. The Morgan fingerprint density at radius 3 is 2.55 bits per heavy atom. The molecular weight excluding hydrogens is 416 g/mol. The van der Waals surface area contributed by atoms with Crippen LogP contribution >= 0.6 is 0 Å². The zero-order valence-electron chi connectivity index (χ0n) is 18.6. The summed E-state index contributed by atoms with van der Waals surface area (Å²) >= 11 is 0. The van der Waals surface area contributed by atoms with Crippen LogP contribution in [-0.4, -0.2) is 65.7 Å². The molecule has 0 bridgehead atoms. The van der Waals surface area contributed by atoms with Crippen LogP contribution in [0, 0.1) is 5.92 Å². The minimum absolute atomic E-state index is 0.213. The molecule has 3 heterocycles. The summed E-state index contributed by atoms with van der Waals surface area (Å²) in [5.74, 6) is 1.58. The number of benzene rings is 1. The Morgan fingerprint density at radius 1 is 1.03 bits per heavy atom. The number of piperazine rings is 1.